The van der Waals surface area contributed by atoms with Gasteiger partial charge in [-0.2, -0.15) is 0 Å². The van der Waals surface area contributed by atoms with E-state index < -0.39 is 0 Å². The number of hydrogen-bond donors (Lipinski definition) is 2. The number of nitrogen functional groups attached to an aromatic ring is 1. The summed E-state index contributed by atoms with van der Waals surface area (Å²) < 4.78 is 0.998. The Morgan fingerprint density at radius 2 is 1.88 bits per heavy atom. The number of halogens is 2. The molecule has 0 aromatic heterocycles. The Balaban J connectivity index is 2.34. The summed E-state index contributed by atoms with van der Waals surface area (Å²) in [5.74, 6) is 0. The Bertz CT molecular complexity index is 555. The quantitative estimate of drug-likeness (QED) is 0.786. The van der Waals surface area contributed by atoms with Gasteiger partial charge in [0.25, 0.3) is 0 Å². The third-order valence-electron chi connectivity index (χ3n) is 2.40. The van der Waals surface area contributed by atoms with E-state index in [1.165, 1.54) is 5.56 Å². The van der Waals surface area contributed by atoms with Crippen LogP contribution >= 0.6 is 27.5 Å². The Kier molecular flexibility index (Phi) is 3.60. The molecule has 0 aliphatic rings. The Morgan fingerprint density at radius 1 is 1.12 bits per heavy atom. The van der Waals surface area contributed by atoms with E-state index in [1.54, 1.807) is 6.07 Å². The number of rotatable bonds is 2. The van der Waals surface area contributed by atoms with Gasteiger partial charge in [-0.15, -0.1) is 0 Å². The van der Waals surface area contributed by atoms with Crippen molar-refractivity contribution in [2.45, 2.75) is 6.92 Å². The molecule has 0 saturated heterocycles. The monoisotopic (exact) mass is 310 g/mol. The van der Waals surface area contributed by atoms with Gasteiger partial charge in [0, 0.05) is 9.50 Å². The number of anilines is 3. The normalized spacial score (nSPS) is 10.3. The summed E-state index contributed by atoms with van der Waals surface area (Å²) in [5.41, 5.74) is 9.54. The molecule has 17 heavy (non-hydrogen) atoms. The summed E-state index contributed by atoms with van der Waals surface area (Å²) >= 11 is 9.36. The Hall–Kier alpha value is -1.19. The van der Waals surface area contributed by atoms with Crippen molar-refractivity contribution >= 4 is 44.6 Å². The van der Waals surface area contributed by atoms with Crippen molar-refractivity contribution in [1.82, 2.24) is 0 Å². The predicted octanol–water partition coefficient (Wildman–Crippen LogP) is 4.74. The Labute approximate surface area is 114 Å². The molecule has 0 aliphatic heterocycles. The summed E-state index contributed by atoms with van der Waals surface area (Å²) in [6.07, 6.45) is 0. The van der Waals surface area contributed by atoms with E-state index in [9.17, 15) is 0 Å². The lowest BCUT2D eigenvalue weighted by Gasteiger charge is -2.11. The second kappa shape index (κ2) is 4.98. The highest BCUT2D eigenvalue weighted by molar-refractivity contribution is 9.10. The van der Waals surface area contributed by atoms with E-state index in [0.29, 0.717) is 10.7 Å². The molecule has 2 aromatic rings. The molecule has 0 radical (unpaired) electrons. The highest BCUT2D eigenvalue weighted by Gasteiger charge is 2.04. The number of hydrogen-bond acceptors (Lipinski definition) is 2. The number of benzene rings is 2. The van der Waals surface area contributed by atoms with Gasteiger partial charge < -0.3 is 11.1 Å². The van der Waals surface area contributed by atoms with Gasteiger partial charge in [-0.3, -0.25) is 0 Å². The molecule has 2 aromatic carbocycles. The van der Waals surface area contributed by atoms with Crippen molar-refractivity contribution in [3.05, 3.63) is 51.5 Å². The fourth-order valence-electron chi connectivity index (χ4n) is 1.53. The van der Waals surface area contributed by atoms with E-state index in [2.05, 4.69) is 27.3 Å². The van der Waals surface area contributed by atoms with Crippen LogP contribution in [0.5, 0.6) is 0 Å². The largest absolute Gasteiger partial charge is 0.397 e. The second-order valence-corrected chi connectivity index (χ2v) is 5.13. The first kappa shape index (κ1) is 12.3. The van der Waals surface area contributed by atoms with Gasteiger partial charge in [0.2, 0.25) is 0 Å². The summed E-state index contributed by atoms with van der Waals surface area (Å²) in [6, 6.07) is 11.5. The van der Waals surface area contributed by atoms with Crippen LogP contribution in [-0.2, 0) is 0 Å². The molecule has 2 nitrogen and oxygen atoms in total. The molecule has 0 unspecified atom stereocenters. The van der Waals surface area contributed by atoms with Gasteiger partial charge in [0.15, 0.2) is 0 Å². The van der Waals surface area contributed by atoms with Crippen LogP contribution in [0.25, 0.3) is 0 Å². The SMILES string of the molecule is Cc1ccc(Br)c(Nc2ccc(Cl)cc2N)c1. The summed E-state index contributed by atoms with van der Waals surface area (Å²) in [4.78, 5) is 0. The zero-order valence-electron chi connectivity index (χ0n) is 9.30. The zero-order valence-corrected chi connectivity index (χ0v) is 11.6. The van der Waals surface area contributed by atoms with Crippen LogP contribution in [0, 0.1) is 6.92 Å². The van der Waals surface area contributed by atoms with Crippen LogP contribution < -0.4 is 11.1 Å². The van der Waals surface area contributed by atoms with Crippen LogP contribution in [0.2, 0.25) is 5.02 Å². The van der Waals surface area contributed by atoms with Gasteiger partial charge in [0.05, 0.1) is 17.1 Å². The average Bonchev–Trinajstić information content (AvgIpc) is 2.27. The molecule has 0 bridgehead atoms. The molecule has 3 N–H and O–H groups in total. The van der Waals surface area contributed by atoms with Gasteiger partial charge in [0.1, 0.15) is 0 Å². The van der Waals surface area contributed by atoms with Crippen molar-refractivity contribution in [1.29, 1.82) is 0 Å². The first-order chi connectivity index (χ1) is 8.06. The molecule has 0 atom stereocenters. The Morgan fingerprint density at radius 3 is 2.59 bits per heavy atom. The maximum Gasteiger partial charge on any atom is 0.0619 e. The minimum absolute atomic E-state index is 0.630. The van der Waals surface area contributed by atoms with E-state index in [0.717, 1.165) is 15.8 Å². The summed E-state index contributed by atoms with van der Waals surface area (Å²) in [6.45, 7) is 2.04. The third-order valence-corrected chi connectivity index (χ3v) is 3.33. The fourth-order valence-corrected chi connectivity index (χ4v) is 2.05. The van der Waals surface area contributed by atoms with Crippen molar-refractivity contribution in [2.24, 2.45) is 0 Å². The first-order valence-corrected chi connectivity index (χ1v) is 6.31. The van der Waals surface area contributed by atoms with Crippen LogP contribution in [-0.4, -0.2) is 0 Å². The summed E-state index contributed by atoms with van der Waals surface area (Å²) in [7, 11) is 0. The molecule has 0 amide bonds. The summed E-state index contributed by atoms with van der Waals surface area (Å²) in [5, 5.41) is 3.91. The lowest BCUT2D eigenvalue weighted by atomic mass is 10.2. The van der Waals surface area contributed by atoms with E-state index in [1.807, 2.05) is 31.2 Å². The van der Waals surface area contributed by atoms with Crippen molar-refractivity contribution in [3.63, 3.8) is 0 Å². The van der Waals surface area contributed by atoms with Gasteiger partial charge in [-0.25, -0.2) is 0 Å². The molecule has 2 rings (SSSR count). The zero-order chi connectivity index (χ0) is 12.4. The van der Waals surface area contributed by atoms with Crippen molar-refractivity contribution in [2.75, 3.05) is 11.1 Å². The molecule has 0 fully saturated rings. The van der Waals surface area contributed by atoms with E-state index in [4.69, 9.17) is 17.3 Å². The van der Waals surface area contributed by atoms with Crippen LogP contribution in [0.1, 0.15) is 5.56 Å². The van der Waals surface area contributed by atoms with Crippen LogP contribution in [0.3, 0.4) is 0 Å². The third kappa shape index (κ3) is 2.93. The predicted molar refractivity (Wildman–Crippen MR) is 78.0 cm³/mol. The maximum absolute atomic E-state index is 5.90. The van der Waals surface area contributed by atoms with Crippen molar-refractivity contribution < 1.29 is 0 Å². The number of nitrogens with one attached hydrogen (secondary N) is 1. The molecular formula is C13H12BrClN2. The first-order valence-electron chi connectivity index (χ1n) is 5.14. The molecule has 88 valence electrons. The highest BCUT2D eigenvalue weighted by atomic mass is 79.9. The van der Waals surface area contributed by atoms with E-state index >= 15 is 0 Å². The number of nitrogens with two attached hydrogens (primary N) is 1. The smallest absolute Gasteiger partial charge is 0.0619 e. The lowest BCUT2D eigenvalue weighted by Crippen LogP contribution is -1.97. The van der Waals surface area contributed by atoms with Gasteiger partial charge in [-0.05, 0) is 58.7 Å². The lowest BCUT2D eigenvalue weighted by molar-refractivity contribution is 1.43. The minimum Gasteiger partial charge on any atom is -0.397 e. The standard InChI is InChI=1S/C13H12BrClN2/c1-8-2-4-10(14)13(6-8)17-12-5-3-9(15)7-11(12)16/h2-7,17H,16H2,1H3. The molecule has 0 saturated carbocycles. The van der Waals surface area contributed by atoms with E-state index in [-0.39, 0.29) is 0 Å². The molecular weight excluding hydrogens is 300 g/mol. The molecule has 0 aliphatic carbocycles. The topological polar surface area (TPSA) is 38.0 Å². The van der Waals surface area contributed by atoms with Gasteiger partial charge in [-0.1, -0.05) is 17.7 Å². The van der Waals surface area contributed by atoms with Crippen LogP contribution in [0.15, 0.2) is 40.9 Å². The second-order valence-electron chi connectivity index (χ2n) is 3.84. The highest BCUT2D eigenvalue weighted by Crippen LogP contribution is 2.30. The molecule has 0 heterocycles. The fraction of sp³-hybridized carbons (Fsp3) is 0.0769. The number of aryl methyl sites for hydroxylation is 1. The van der Waals surface area contributed by atoms with Gasteiger partial charge >= 0.3 is 0 Å². The average molecular weight is 312 g/mol. The molecule has 4 heteroatoms. The van der Waals surface area contributed by atoms with Crippen LogP contribution in [0.4, 0.5) is 17.1 Å². The minimum atomic E-state index is 0.630. The van der Waals surface area contributed by atoms with Crippen molar-refractivity contribution in [3.8, 4) is 0 Å². The maximum atomic E-state index is 5.90. The molecule has 0 spiro atoms.